The molecule has 0 N–H and O–H groups in total. The quantitative estimate of drug-likeness (QED) is 0.782. The lowest BCUT2D eigenvalue weighted by Gasteiger charge is -2.22. The topological polar surface area (TPSA) is 44.8 Å². The Morgan fingerprint density at radius 2 is 2.26 bits per heavy atom. The number of carbonyl (C=O) groups excluding carboxylic acids is 1. The van der Waals surface area contributed by atoms with Crippen molar-refractivity contribution in [3.05, 3.63) is 29.8 Å². The van der Waals surface area contributed by atoms with Gasteiger partial charge in [-0.05, 0) is 37.5 Å². The van der Waals surface area contributed by atoms with Crippen LogP contribution in [0.1, 0.15) is 29.6 Å². The molecule has 0 bridgehead atoms. The second-order valence-corrected chi connectivity index (χ2v) is 5.25. The van der Waals surface area contributed by atoms with Crippen molar-refractivity contribution in [1.29, 1.82) is 0 Å². The Labute approximate surface area is 112 Å². The molecule has 1 aliphatic heterocycles. The summed E-state index contributed by atoms with van der Waals surface area (Å²) in [5.41, 5.74) is 0.279. The van der Waals surface area contributed by atoms with Crippen LogP contribution in [0.2, 0.25) is 0 Å². The number of esters is 1. The van der Waals surface area contributed by atoms with E-state index in [0.717, 1.165) is 25.9 Å². The van der Waals surface area contributed by atoms with Crippen LogP contribution in [0.3, 0.4) is 0 Å². The summed E-state index contributed by atoms with van der Waals surface area (Å²) < 4.78 is 16.3. The van der Waals surface area contributed by atoms with Crippen molar-refractivity contribution >= 4 is 5.97 Å². The van der Waals surface area contributed by atoms with Gasteiger partial charge in [0.15, 0.2) is 0 Å². The Morgan fingerprint density at radius 1 is 1.42 bits per heavy atom. The highest BCUT2D eigenvalue weighted by Crippen LogP contribution is 2.49. The molecule has 1 atom stereocenters. The average molecular weight is 262 g/mol. The van der Waals surface area contributed by atoms with E-state index in [1.807, 2.05) is 6.07 Å². The standard InChI is InChI=1S/C15H18O4/c1-17-13-4-2-3-11(9-13)14(16)19-15(6-7-15)12-5-8-18-10-12/h2-4,9,12H,5-8,10H2,1H3. The van der Waals surface area contributed by atoms with Crippen LogP contribution in [-0.2, 0) is 9.47 Å². The minimum atomic E-state index is -0.267. The third-order valence-electron chi connectivity index (χ3n) is 4.02. The molecule has 4 heteroatoms. The normalized spacial score (nSPS) is 23.9. The molecule has 1 saturated heterocycles. The molecule has 2 fully saturated rings. The molecule has 1 heterocycles. The molecule has 1 saturated carbocycles. The summed E-state index contributed by atoms with van der Waals surface area (Å²) in [6, 6.07) is 7.08. The van der Waals surface area contributed by atoms with Gasteiger partial charge in [0.2, 0.25) is 0 Å². The van der Waals surface area contributed by atoms with Crippen LogP contribution in [0.15, 0.2) is 24.3 Å². The van der Waals surface area contributed by atoms with Gasteiger partial charge in [0.1, 0.15) is 11.4 Å². The van der Waals surface area contributed by atoms with E-state index < -0.39 is 0 Å². The average Bonchev–Trinajstić information content (AvgIpc) is 3.01. The molecule has 1 aliphatic carbocycles. The van der Waals surface area contributed by atoms with Crippen LogP contribution >= 0.6 is 0 Å². The van der Waals surface area contributed by atoms with Crippen molar-refractivity contribution in [2.45, 2.75) is 24.9 Å². The second kappa shape index (κ2) is 4.85. The van der Waals surface area contributed by atoms with Crippen molar-refractivity contribution in [3.63, 3.8) is 0 Å². The monoisotopic (exact) mass is 262 g/mol. The number of benzene rings is 1. The first-order chi connectivity index (χ1) is 9.23. The summed E-state index contributed by atoms with van der Waals surface area (Å²) in [5.74, 6) is 0.772. The molecule has 0 spiro atoms. The van der Waals surface area contributed by atoms with Crippen LogP contribution in [0.25, 0.3) is 0 Å². The van der Waals surface area contributed by atoms with Gasteiger partial charge in [-0.3, -0.25) is 0 Å². The number of carbonyl (C=O) groups is 1. The fourth-order valence-electron chi connectivity index (χ4n) is 2.66. The highest BCUT2D eigenvalue weighted by atomic mass is 16.6. The Kier molecular flexibility index (Phi) is 3.19. The minimum absolute atomic E-state index is 0.261. The van der Waals surface area contributed by atoms with Gasteiger partial charge in [0, 0.05) is 12.5 Å². The molecule has 1 aromatic rings. The van der Waals surface area contributed by atoms with Crippen molar-refractivity contribution < 1.29 is 19.0 Å². The van der Waals surface area contributed by atoms with Crippen molar-refractivity contribution in [2.75, 3.05) is 20.3 Å². The van der Waals surface area contributed by atoms with E-state index in [4.69, 9.17) is 14.2 Å². The van der Waals surface area contributed by atoms with Gasteiger partial charge in [0.05, 0.1) is 19.3 Å². The number of hydrogen-bond donors (Lipinski definition) is 0. The largest absolute Gasteiger partial charge is 0.497 e. The van der Waals surface area contributed by atoms with Crippen molar-refractivity contribution in [1.82, 2.24) is 0 Å². The lowest BCUT2D eigenvalue weighted by atomic mass is 9.99. The summed E-state index contributed by atoms with van der Waals surface area (Å²) in [7, 11) is 1.59. The second-order valence-electron chi connectivity index (χ2n) is 5.25. The molecule has 1 unspecified atom stereocenters. The fourth-order valence-corrected chi connectivity index (χ4v) is 2.66. The Hall–Kier alpha value is -1.55. The smallest absolute Gasteiger partial charge is 0.338 e. The van der Waals surface area contributed by atoms with Gasteiger partial charge >= 0.3 is 5.97 Å². The van der Waals surface area contributed by atoms with Crippen LogP contribution in [0.5, 0.6) is 5.75 Å². The molecular weight excluding hydrogens is 244 g/mol. The van der Waals surface area contributed by atoms with Gasteiger partial charge in [-0.2, -0.15) is 0 Å². The maximum Gasteiger partial charge on any atom is 0.338 e. The van der Waals surface area contributed by atoms with Crippen LogP contribution in [0.4, 0.5) is 0 Å². The molecule has 1 aromatic carbocycles. The van der Waals surface area contributed by atoms with Crippen LogP contribution in [0, 0.1) is 5.92 Å². The number of rotatable bonds is 4. The predicted molar refractivity (Wildman–Crippen MR) is 69.3 cm³/mol. The van der Waals surface area contributed by atoms with Gasteiger partial charge in [-0.1, -0.05) is 6.07 Å². The molecule has 4 nitrogen and oxygen atoms in total. The number of methoxy groups -OCH3 is 1. The Bertz CT molecular complexity index is 473. The third kappa shape index (κ3) is 2.45. The number of ether oxygens (including phenoxy) is 3. The zero-order chi connectivity index (χ0) is 13.3. The molecule has 0 aromatic heterocycles. The van der Waals surface area contributed by atoms with Crippen molar-refractivity contribution in [3.8, 4) is 5.75 Å². The SMILES string of the molecule is COc1cccc(C(=O)OC2(C3CCOC3)CC2)c1. The van der Waals surface area contributed by atoms with Crippen molar-refractivity contribution in [2.24, 2.45) is 5.92 Å². The van der Waals surface area contributed by atoms with E-state index in [1.54, 1.807) is 25.3 Å². The molecular formula is C15H18O4. The molecule has 19 heavy (non-hydrogen) atoms. The summed E-state index contributed by atoms with van der Waals surface area (Å²) >= 11 is 0. The first kappa shape index (κ1) is 12.5. The van der Waals surface area contributed by atoms with Gasteiger partial charge in [-0.15, -0.1) is 0 Å². The van der Waals surface area contributed by atoms with E-state index in [9.17, 15) is 4.79 Å². The fraction of sp³-hybridized carbons (Fsp3) is 0.533. The summed E-state index contributed by atoms with van der Waals surface area (Å²) in [6.07, 6.45) is 2.90. The lowest BCUT2D eigenvalue weighted by Crippen LogP contribution is -2.29. The van der Waals surface area contributed by atoms with Gasteiger partial charge < -0.3 is 14.2 Å². The maximum absolute atomic E-state index is 12.2. The highest BCUT2D eigenvalue weighted by molar-refractivity contribution is 5.90. The predicted octanol–water partition coefficient (Wildman–Crippen LogP) is 2.42. The van der Waals surface area contributed by atoms with E-state index in [-0.39, 0.29) is 11.6 Å². The third-order valence-corrected chi connectivity index (χ3v) is 4.02. The molecule has 2 aliphatic rings. The van der Waals surface area contributed by atoms with Crippen LogP contribution < -0.4 is 4.74 Å². The highest BCUT2D eigenvalue weighted by Gasteiger charge is 2.54. The van der Waals surface area contributed by atoms with Gasteiger partial charge in [0.25, 0.3) is 0 Å². The number of hydrogen-bond acceptors (Lipinski definition) is 4. The Morgan fingerprint density at radius 3 is 2.89 bits per heavy atom. The van der Waals surface area contributed by atoms with E-state index in [2.05, 4.69) is 0 Å². The summed E-state index contributed by atoms with van der Waals surface area (Å²) in [4.78, 5) is 12.2. The van der Waals surface area contributed by atoms with E-state index >= 15 is 0 Å². The van der Waals surface area contributed by atoms with E-state index in [0.29, 0.717) is 23.8 Å². The van der Waals surface area contributed by atoms with Gasteiger partial charge in [-0.25, -0.2) is 4.79 Å². The molecule has 0 radical (unpaired) electrons. The van der Waals surface area contributed by atoms with E-state index in [1.165, 1.54) is 0 Å². The summed E-state index contributed by atoms with van der Waals surface area (Å²) in [6.45, 7) is 1.49. The molecule has 3 rings (SSSR count). The minimum Gasteiger partial charge on any atom is -0.497 e. The lowest BCUT2D eigenvalue weighted by molar-refractivity contribution is 0.000806. The summed E-state index contributed by atoms with van der Waals surface area (Å²) in [5, 5.41) is 0. The molecule has 102 valence electrons. The maximum atomic E-state index is 12.2. The van der Waals surface area contributed by atoms with Crippen LogP contribution in [-0.4, -0.2) is 31.9 Å². The zero-order valence-electron chi connectivity index (χ0n) is 11.1. The first-order valence-corrected chi connectivity index (χ1v) is 6.69. The first-order valence-electron chi connectivity index (χ1n) is 6.69. The zero-order valence-corrected chi connectivity index (χ0v) is 11.1. The molecule has 0 amide bonds. The Balaban J connectivity index is 1.70.